The summed E-state index contributed by atoms with van der Waals surface area (Å²) in [5.74, 6) is 0.806. The molecular formula is C16H29N3S. The molecule has 1 heterocycles. The fourth-order valence-corrected chi connectivity index (χ4v) is 3.85. The molecule has 0 amide bonds. The van der Waals surface area contributed by atoms with Gasteiger partial charge in [0, 0.05) is 24.5 Å². The Balaban J connectivity index is 1.82. The molecule has 1 aliphatic carbocycles. The van der Waals surface area contributed by atoms with Gasteiger partial charge in [-0.05, 0) is 45.7 Å². The minimum atomic E-state index is 0.725. The van der Waals surface area contributed by atoms with Crippen LogP contribution in [0.2, 0.25) is 0 Å². The van der Waals surface area contributed by atoms with Crippen LogP contribution in [-0.4, -0.2) is 36.1 Å². The molecule has 3 nitrogen and oxygen atoms in total. The summed E-state index contributed by atoms with van der Waals surface area (Å²) in [6, 6.07) is 0.725. The van der Waals surface area contributed by atoms with Gasteiger partial charge >= 0.3 is 0 Å². The van der Waals surface area contributed by atoms with Gasteiger partial charge in [0.05, 0.1) is 10.7 Å². The van der Waals surface area contributed by atoms with E-state index in [9.17, 15) is 0 Å². The predicted octanol–water partition coefficient (Wildman–Crippen LogP) is 3.44. The Morgan fingerprint density at radius 1 is 1.40 bits per heavy atom. The third kappa shape index (κ3) is 4.83. The van der Waals surface area contributed by atoms with E-state index >= 15 is 0 Å². The second-order valence-corrected chi connectivity index (χ2v) is 7.22. The van der Waals surface area contributed by atoms with Crippen molar-refractivity contribution in [3.63, 3.8) is 0 Å². The first kappa shape index (κ1) is 15.9. The molecule has 0 spiro atoms. The average molecular weight is 295 g/mol. The Morgan fingerprint density at radius 2 is 2.20 bits per heavy atom. The van der Waals surface area contributed by atoms with Gasteiger partial charge in [0.25, 0.3) is 0 Å². The first-order chi connectivity index (χ1) is 9.69. The van der Waals surface area contributed by atoms with Crippen molar-refractivity contribution >= 4 is 11.3 Å². The number of rotatable bonds is 7. The van der Waals surface area contributed by atoms with Crippen molar-refractivity contribution in [1.29, 1.82) is 0 Å². The fraction of sp³-hybridized carbons (Fsp3) is 0.812. The predicted molar refractivity (Wildman–Crippen MR) is 87.2 cm³/mol. The highest BCUT2D eigenvalue weighted by molar-refractivity contribution is 7.09. The van der Waals surface area contributed by atoms with E-state index < -0.39 is 0 Å². The van der Waals surface area contributed by atoms with Gasteiger partial charge < -0.3 is 10.2 Å². The van der Waals surface area contributed by atoms with Gasteiger partial charge in [0.15, 0.2) is 0 Å². The zero-order valence-electron chi connectivity index (χ0n) is 13.2. The number of nitrogens with one attached hydrogen (secondary N) is 1. The first-order valence-electron chi connectivity index (χ1n) is 8.02. The summed E-state index contributed by atoms with van der Waals surface area (Å²) in [4.78, 5) is 7.02. The van der Waals surface area contributed by atoms with Crippen molar-refractivity contribution in [2.75, 3.05) is 20.1 Å². The van der Waals surface area contributed by atoms with Crippen molar-refractivity contribution in [3.05, 3.63) is 16.1 Å². The molecule has 1 fully saturated rings. The van der Waals surface area contributed by atoms with Gasteiger partial charge in [-0.3, -0.25) is 0 Å². The standard InChI is InChI=1S/C16H29N3S/c1-4-9-17-16-8-6-5-7-14(16)10-19(3)11-15-12-20-13(2)18-15/h12,14,16-17H,4-11H2,1-3H3. The van der Waals surface area contributed by atoms with Crippen LogP contribution in [0.1, 0.15) is 49.7 Å². The molecule has 2 rings (SSSR count). The van der Waals surface area contributed by atoms with Crippen molar-refractivity contribution in [2.24, 2.45) is 5.92 Å². The van der Waals surface area contributed by atoms with Crippen LogP contribution in [0.3, 0.4) is 0 Å². The lowest BCUT2D eigenvalue weighted by Gasteiger charge is -2.35. The zero-order valence-corrected chi connectivity index (χ0v) is 14.0. The van der Waals surface area contributed by atoms with Gasteiger partial charge in [-0.1, -0.05) is 19.8 Å². The van der Waals surface area contributed by atoms with E-state index in [-0.39, 0.29) is 0 Å². The first-order valence-corrected chi connectivity index (χ1v) is 8.90. The number of aromatic nitrogens is 1. The number of hydrogen-bond donors (Lipinski definition) is 1. The van der Waals surface area contributed by atoms with Crippen LogP contribution >= 0.6 is 11.3 Å². The van der Waals surface area contributed by atoms with Gasteiger partial charge in [0.2, 0.25) is 0 Å². The molecular weight excluding hydrogens is 266 g/mol. The third-order valence-electron chi connectivity index (χ3n) is 4.21. The number of nitrogens with zero attached hydrogens (tertiary/aromatic N) is 2. The highest BCUT2D eigenvalue weighted by Gasteiger charge is 2.25. The second kappa shape index (κ2) is 8.11. The molecule has 0 radical (unpaired) electrons. The van der Waals surface area contributed by atoms with E-state index in [0.717, 1.165) is 25.0 Å². The summed E-state index contributed by atoms with van der Waals surface area (Å²) in [5, 5.41) is 7.12. The van der Waals surface area contributed by atoms with Gasteiger partial charge in [-0.25, -0.2) is 4.98 Å². The lowest BCUT2D eigenvalue weighted by atomic mass is 9.84. The molecule has 1 N–H and O–H groups in total. The number of aryl methyl sites for hydroxylation is 1. The molecule has 0 saturated heterocycles. The van der Waals surface area contributed by atoms with Crippen LogP contribution < -0.4 is 5.32 Å². The summed E-state index contributed by atoms with van der Waals surface area (Å²) < 4.78 is 0. The van der Waals surface area contributed by atoms with Crippen molar-refractivity contribution < 1.29 is 0 Å². The van der Waals surface area contributed by atoms with E-state index in [2.05, 4.69) is 41.5 Å². The molecule has 0 bridgehead atoms. The van der Waals surface area contributed by atoms with Crippen molar-refractivity contribution in [1.82, 2.24) is 15.2 Å². The highest BCUT2D eigenvalue weighted by Crippen LogP contribution is 2.25. The molecule has 4 heteroatoms. The zero-order chi connectivity index (χ0) is 14.4. The maximum absolute atomic E-state index is 4.57. The Hall–Kier alpha value is -0.450. The van der Waals surface area contributed by atoms with E-state index in [1.54, 1.807) is 11.3 Å². The van der Waals surface area contributed by atoms with Gasteiger partial charge in [0.1, 0.15) is 0 Å². The van der Waals surface area contributed by atoms with E-state index in [4.69, 9.17) is 0 Å². The summed E-state index contributed by atoms with van der Waals surface area (Å²) in [5.41, 5.74) is 1.23. The molecule has 2 atom stereocenters. The van der Waals surface area contributed by atoms with Gasteiger partial charge in [-0.2, -0.15) is 0 Å². The van der Waals surface area contributed by atoms with Crippen LogP contribution in [0.15, 0.2) is 5.38 Å². The topological polar surface area (TPSA) is 28.2 Å². The van der Waals surface area contributed by atoms with Crippen LogP contribution in [0.25, 0.3) is 0 Å². The summed E-state index contributed by atoms with van der Waals surface area (Å²) in [6.07, 6.45) is 6.76. The lowest BCUT2D eigenvalue weighted by Crippen LogP contribution is -2.43. The number of hydrogen-bond acceptors (Lipinski definition) is 4. The fourth-order valence-electron chi connectivity index (χ4n) is 3.25. The van der Waals surface area contributed by atoms with Crippen molar-refractivity contribution in [3.8, 4) is 0 Å². The maximum atomic E-state index is 4.57. The summed E-state index contributed by atoms with van der Waals surface area (Å²) in [6.45, 7) is 7.68. The van der Waals surface area contributed by atoms with E-state index in [1.807, 2.05) is 0 Å². The summed E-state index contributed by atoms with van der Waals surface area (Å²) >= 11 is 1.75. The van der Waals surface area contributed by atoms with Crippen LogP contribution in [0.5, 0.6) is 0 Å². The molecule has 1 aromatic rings. The van der Waals surface area contributed by atoms with Crippen molar-refractivity contribution in [2.45, 2.75) is 58.5 Å². The van der Waals surface area contributed by atoms with E-state index in [1.165, 1.54) is 49.4 Å². The minimum absolute atomic E-state index is 0.725. The lowest BCUT2D eigenvalue weighted by molar-refractivity contribution is 0.184. The molecule has 1 saturated carbocycles. The smallest absolute Gasteiger partial charge is 0.0897 e. The molecule has 2 unspecified atom stereocenters. The van der Waals surface area contributed by atoms with Crippen LogP contribution in [0.4, 0.5) is 0 Å². The Bertz CT molecular complexity index is 391. The molecule has 0 aliphatic heterocycles. The Morgan fingerprint density at radius 3 is 2.90 bits per heavy atom. The van der Waals surface area contributed by atoms with E-state index in [0.29, 0.717) is 0 Å². The molecule has 0 aromatic carbocycles. The normalized spacial score (nSPS) is 23.4. The van der Waals surface area contributed by atoms with Crippen LogP contribution in [-0.2, 0) is 6.54 Å². The quantitative estimate of drug-likeness (QED) is 0.835. The molecule has 114 valence electrons. The average Bonchev–Trinajstić information content (AvgIpc) is 2.83. The SMILES string of the molecule is CCCNC1CCCCC1CN(C)Cc1csc(C)n1. The maximum Gasteiger partial charge on any atom is 0.0897 e. The largest absolute Gasteiger partial charge is 0.314 e. The Labute approximate surface area is 127 Å². The number of thiazole rings is 1. The minimum Gasteiger partial charge on any atom is -0.314 e. The summed E-state index contributed by atoms with van der Waals surface area (Å²) in [7, 11) is 2.24. The Kier molecular flexibility index (Phi) is 6.46. The highest BCUT2D eigenvalue weighted by atomic mass is 32.1. The monoisotopic (exact) mass is 295 g/mol. The third-order valence-corrected chi connectivity index (χ3v) is 5.03. The molecule has 1 aromatic heterocycles. The molecule has 1 aliphatic rings. The van der Waals surface area contributed by atoms with Gasteiger partial charge in [-0.15, -0.1) is 11.3 Å². The van der Waals surface area contributed by atoms with Crippen LogP contribution in [0, 0.1) is 12.8 Å². The molecule has 20 heavy (non-hydrogen) atoms. The second-order valence-electron chi connectivity index (χ2n) is 6.16.